The third kappa shape index (κ3) is 8.52. The van der Waals surface area contributed by atoms with Gasteiger partial charge in [-0.2, -0.15) is 0 Å². The van der Waals surface area contributed by atoms with E-state index in [4.69, 9.17) is 9.79 Å². The second-order valence-corrected chi connectivity index (χ2v) is 8.42. The van der Waals surface area contributed by atoms with Gasteiger partial charge in [0.25, 0.3) is 0 Å². The Bertz CT molecular complexity index is 199. The average molecular weight is 232 g/mol. The first-order valence-electron chi connectivity index (χ1n) is 2.20. The van der Waals surface area contributed by atoms with Crippen LogP contribution in [0.2, 0.25) is 0 Å². The van der Waals surface area contributed by atoms with Crippen molar-refractivity contribution in [3.05, 3.63) is 12.7 Å². The summed E-state index contributed by atoms with van der Waals surface area (Å²) in [7, 11) is 1.83. The van der Waals surface area contributed by atoms with Crippen LogP contribution in [0.1, 0.15) is 0 Å². The molecule has 0 rings (SSSR count). The molecule has 0 aromatic carbocycles. The predicted octanol–water partition coefficient (Wildman–Crippen LogP) is 1.82. The summed E-state index contributed by atoms with van der Waals surface area (Å²) < 4.78 is 10.2. The van der Waals surface area contributed by atoms with Crippen molar-refractivity contribution in [3.8, 4) is 0 Å². The lowest BCUT2D eigenvalue weighted by Crippen LogP contribution is -1.75. The second-order valence-electron chi connectivity index (χ2n) is 1.24. The quantitative estimate of drug-likeness (QED) is 0.435. The van der Waals surface area contributed by atoms with Gasteiger partial charge in [0.05, 0.1) is 0 Å². The lowest BCUT2D eigenvalue weighted by molar-refractivity contribution is -0.106. The Balaban J connectivity index is 3.51. The van der Waals surface area contributed by atoms with Gasteiger partial charge in [-0.1, -0.05) is 6.58 Å². The van der Waals surface area contributed by atoms with Crippen molar-refractivity contribution in [1.82, 2.24) is 0 Å². The predicted molar refractivity (Wildman–Crippen MR) is 50.0 cm³/mol. The van der Waals surface area contributed by atoms with Crippen LogP contribution in [0.25, 0.3) is 0 Å². The molecular formula is C3H5O4PS3. The highest BCUT2D eigenvalue weighted by Crippen LogP contribution is 2.60. The summed E-state index contributed by atoms with van der Waals surface area (Å²) in [5.74, 6) is 0. The Morgan fingerprint density at radius 3 is 2.45 bits per heavy atom. The van der Waals surface area contributed by atoms with E-state index in [1.54, 1.807) is 0 Å². The Morgan fingerprint density at radius 2 is 2.09 bits per heavy atom. The first kappa shape index (κ1) is 11.6. The van der Waals surface area contributed by atoms with Crippen molar-refractivity contribution < 1.29 is 19.1 Å². The zero-order chi connectivity index (χ0) is 8.91. The Hall–Kier alpha value is 0.610. The molecule has 0 aromatic heterocycles. The lowest BCUT2D eigenvalue weighted by Gasteiger charge is -1.97. The van der Waals surface area contributed by atoms with Crippen LogP contribution < -0.4 is 0 Å². The molecule has 0 aliphatic rings. The number of rotatable bonds is 4. The molecule has 8 heteroatoms. The topological polar surface area (TPSA) is 74.6 Å². The van der Waals surface area contributed by atoms with Crippen LogP contribution in [0.3, 0.4) is 0 Å². The molecule has 0 aliphatic heterocycles. The minimum Gasteiger partial charge on any atom is -0.316 e. The van der Waals surface area contributed by atoms with Gasteiger partial charge in [0.2, 0.25) is 5.12 Å². The third-order valence-electron chi connectivity index (χ3n) is 0.410. The Labute approximate surface area is 74.9 Å². The summed E-state index contributed by atoms with van der Waals surface area (Å²) in [5.41, 5.74) is 0. The molecule has 4 nitrogen and oxygen atoms in total. The zero-order valence-corrected chi connectivity index (χ0v) is 8.51. The summed E-state index contributed by atoms with van der Waals surface area (Å²) in [6.07, 6.45) is 1.08. The minimum atomic E-state index is -4.06. The first-order chi connectivity index (χ1) is 4.95. The van der Waals surface area contributed by atoms with Crippen LogP contribution >= 0.6 is 37.8 Å². The lowest BCUT2D eigenvalue weighted by atomic mass is 10.7. The molecule has 0 heterocycles. The fourth-order valence-electron chi connectivity index (χ4n) is 0.122. The summed E-state index contributed by atoms with van der Waals surface area (Å²) in [6, 6.07) is 0. The van der Waals surface area contributed by atoms with Crippen molar-refractivity contribution in [3.63, 3.8) is 0 Å². The van der Waals surface area contributed by atoms with Gasteiger partial charge in [-0.05, 0) is 26.7 Å². The van der Waals surface area contributed by atoms with Gasteiger partial charge in [0, 0.05) is 10.4 Å². The van der Waals surface area contributed by atoms with Gasteiger partial charge in [-0.15, -0.1) is 0 Å². The van der Waals surface area contributed by atoms with E-state index < -0.39 is 6.80 Å². The van der Waals surface area contributed by atoms with E-state index in [0.29, 0.717) is 10.4 Å². The van der Waals surface area contributed by atoms with Gasteiger partial charge in [0.1, 0.15) is 0 Å². The molecule has 2 N–H and O–H groups in total. The SMILES string of the molecule is C=CC(=O)SSSP(=O)(O)O. The summed E-state index contributed by atoms with van der Waals surface area (Å²) in [5, 5.41) is -0.323. The van der Waals surface area contributed by atoms with Gasteiger partial charge < -0.3 is 9.79 Å². The van der Waals surface area contributed by atoms with Gasteiger partial charge in [0.15, 0.2) is 0 Å². The van der Waals surface area contributed by atoms with E-state index in [1.165, 1.54) is 0 Å². The molecule has 0 aromatic rings. The van der Waals surface area contributed by atoms with Gasteiger partial charge >= 0.3 is 6.80 Å². The molecule has 0 saturated heterocycles. The fourth-order valence-corrected chi connectivity index (χ4v) is 5.65. The highest BCUT2D eigenvalue weighted by atomic mass is 33.6. The molecule has 0 bridgehead atoms. The Kier molecular flexibility index (Phi) is 5.58. The van der Waals surface area contributed by atoms with Crippen LogP contribution in [0.15, 0.2) is 12.7 Å². The van der Waals surface area contributed by atoms with E-state index >= 15 is 0 Å². The number of carbonyl (C=O) groups excluding carboxylic acids is 1. The van der Waals surface area contributed by atoms with Crippen LogP contribution in [0.4, 0.5) is 0 Å². The third-order valence-corrected chi connectivity index (χ3v) is 7.08. The van der Waals surface area contributed by atoms with Crippen LogP contribution in [-0.2, 0) is 9.36 Å². The molecule has 0 saturated carbocycles. The van der Waals surface area contributed by atoms with E-state index in [-0.39, 0.29) is 5.12 Å². The van der Waals surface area contributed by atoms with E-state index in [0.717, 1.165) is 26.7 Å². The fraction of sp³-hybridized carbons (Fsp3) is 0. The molecule has 0 radical (unpaired) electrons. The Morgan fingerprint density at radius 1 is 1.55 bits per heavy atom. The maximum atomic E-state index is 10.5. The molecular weight excluding hydrogens is 227 g/mol. The van der Waals surface area contributed by atoms with Gasteiger partial charge in [-0.3, -0.25) is 4.79 Å². The molecule has 11 heavy (non-hydrogen) atoms. The van der Waals surface area contributed by atoms with Crippen molar-refractivity contribution in [1.29, 1.82) is 0 Å². The minimum absolute atomic E-state index is 0.323. The first-order valence-corrected chi connectivity index (χ1v) is 7.90. The zero-order valence-electron chi connectivity index (χ0n) is 5.17. The van der Waals surface area contributed by atoms with Crippen molar-refractivity contribution in [2.24, 2.45) is 0 Å². The normalized spacial score (nSPS) is 11.1. The van der Waals surface area contributed by atoms with Crippen LogP contribution in [-0.4, -0.2) is 14.9 Å². The standard InChI is InChI=1S/C3H5O4PS3/c1-2-3(4)9-11-10-8(5,6)7/h2H,1H2,(H2,5,6,7). The molecule has 64 valence electrons. The summed E-state index contributed by atoms with van der Waals surface area (Å²) in [4.78, 5) is 27.1. The monoisotopic (exact) mass is 232 g/mol. The maximum absolute atomic E-state index is 10.5. The van der Waals surface area contributed by atoms with Crippen LogP contribution in [0.5, 0.6) is 0 Å². The number of hydrogen-bond donors (Lipinski definition) is 2. The highest BCUT2D eigenvalue weighted by molar-refractivity contribution is 9.21. The number of carbonyl (C=O) groups is 1. The van der Waals surface area contributed by atoms with E-state index in [2.05, 4.69) is 6.58 Å². The molecule has 0 spiro atoms. The summed E-state index contributed by atoms with van der Waals surface area (Å²) >= 11 is 0. The molecule has 0 fully saturated rings. The number of hydrogen-bond acceptors (Lipinski definition) is 5. The molecule has 0 unspecified atom stereocenters. The highest BCUT2D eigenvalue weighted by Gasteiger charge is 2.15. The van der Waals surface area contributed by atoms with E-state index in [9.17, 15) is 9.36 Å². The molecule has 0 aliphatic carbocycles. The van der Waals surface area contributed by atoms with Crippen LogP contribution in [0, 0.1) is 0 Å². The van der Waals surface area contributed by atoms with Crippen molar-refractivity contribution >= 4 is 42.9 Å². The van der Waals surface area contributed by atoms with Crippen molar-refractivity contribution in [2.45, 2.75) is 0 Å². The van der Waals surface area contributed by atoms with E-state index in [1.807, 2.05) is 0 Å². The molecule has 0 amide bonds. The second kappa shape index (κ2) is 5.29. The smallest absolute Gasteiger partial charge is 0.316 e. The van der Waals surface area contributed by atoms with Gasteiger partial charge in [-0.25, -0.2) is 4.57 Å². The summed E-state index contributed by atoms with van der Waals surface area (Å²) in [6.45, 7) is -0.871. The average Bonchev–Trinajstić information content (AvgIpc) is 1.85. The van der Waals surface area contributed by atoms with Crippen molar-refractivity contribution in [2.75, 3.05) is 0 Å². The maximum Gasteiger partial charge on any atom is 0.395 e. The molecule has 0 atom stereocenters. The largest absolute Gasteiger partial charge is 0.395 e.